The lowest BCUT2D eigenvalue weighted by atomic mass is 10.1. The van der Waals surface area contributed by atoms with Crippen molar-refractivity contribution in [1.82, 2.24) is 9.80 Å². The van der Waals surface area contributed by atoms with E-state index in [1.807, 2.05) is 6.92 Å². The lowest BCUT2D eigenvalue weighted by molar-refractivity contribution is 0.0981. The Labute approximate surface area is 74.9 Å². The summed E-state index contributed by atoms with van der Waals surface area (Å²) in [5, 5.41) is 7.54. The van der Waals surface area contributed by atoms with Crippen LogP contribution in [0.4, 0.5) is 0 Å². The van der Waals surface area contributed by atoms with E-state index in [0.29, 0.717) is 17.9 Å². The van der Waals surface area contributed by atoms with Gasteiger partial charge in [-0.2, -0.15) is 0 Å². The van der Waals surface area contributed by atoms with E-state index in [1.54, 1.807) is 0 Å². The Hall–Kier alpha value is -0.570. The van der Waals surface area contributed by atoms with Gasteiger partial charge in [0.1, 0.15) is 0 Å². The predicted octanol–water partition coefficient (Wildman–Crippen LogP) is 1.01. The monoisotopic (exact) mass is 169 g/mol. The van der Waals surface area contributed by atoms with Gasteiger partial charge in [0, 0.05) is 25.2 Å². The molecule has 70 valence electrons. The van der Waals surface area contributed by atoms with E-state index in [0.717, 1.165) is 13.1 Å². The predicted molar refractivity (Wildman–Crippen MR) is 51.7 cm³/mol. The molecule has 3 heteroatoms. The van der Waals surface area contributed by atoms with Crippen molar-refractivity contribution in [3.8, 4) is 0 Å². The molecule has 0 aliphatic carbocycles. The second-order valence-corrected chi connectivity index (χ2v) is 3.85. The molecule has 0 bridgehead atoms. The van der Waals surface area contributed by atoms with Gasteiger partial charge in [-0.3, -0.25) is 10.3 Å². The molecule has 0 aromatic heterocycles. The largest absolute Gasteiger partial charge is 0.358 e. The van der Waals surface area contributed by atoms with E-state index >= 15 is 0 Å². The number of hydrogen-bond donors (Lipinski definition) is 1. The van der Waals surface area contributed by atoms with Gasteiger partial charge in [-0.25, -0.2) is 0 Å². The van der Waals surface area contributed by atoms with Crippen LogP contribution >= 0.6 is 0 Å². The fourth-order valence-corrected chi connectivity index (χ4v) is 1.68. The molecule has 0 aromatic carbocycles. The molecule has 0 unspecified atom stereocenters. The fourth-order valence-electron chi connectivity index (χ4n) is 1.68. The maximum absolute atomic E-state index is 7.54. The Morgan fingerprint density at radius 3 is 2.00 bits per heavy atom. The SMILES string of the molecule is CC(=N)N1C[C@@H](C)N(C)[C@@H](C)C1. The van der Waals surface area contributed by atoms with Gasteiger partial charge in [0.15, 0.2) is 0 Å². The van der Waals surface area contributed by atoms with E-state index in [2.05, 4.69) is 30.7 Å². The number of piperazine rings is 1. The molecule has 0 aromatic rings. The third-order valence-corrected chi connectivity index (χ3v) is 2.83. The lowest BCUT2D eigenvalue weighted by Crippen LogP contribution is -2.55. The van der Waals surface area contributed by atoms with Crippen molar-refractivity contribution in [2.45, 2.75) is 32.9 Å². The van der Waals surface area contributed by atoms with Gasteiger partial charge < -0.3 is 4.90 Å². The zero-order valence-electron chi connectivity index (χ0n) is 8.46. The summed E-state index contributed by atoms with van der Waals surface area (Å²) in [6.45, 7) is 8.29. The maximum atomic E-state index is 7.54. The van der Waals surface area contributed by atoms with Crippen LogP contribution in [0.1, 0.15) is 20.8 Å². The highest BCUT2D eigenvalue weighted by molar-refractivity contribution is 5.76. The summed E-state index contributed by atoms with van der Waals surface area (Å²) in [5.74, 6) is 0.696. The molecule has 1 N–H and O–H groups in total. The van der Waals surface area contributed by atoms with Crippen molar-refractivity contribution in [1.29, 1.82) is 5.41 Å². The lowest BCUT2D eigenvalue weighted by Gasteiger charge is -2.43. The molecule has 1 fully saturated rings. The molecule has 0 spiro atoms. The number of nitrogens with one attached hydrogen (secondary N) is 1. The van der Waals surface area contributed by atoms with Crippen LogP contribution in [-0.2, 0) is 0 Å². The van der Waals surface area contributed by atoms with Gasteiger partial charge in [-0.05, 0) is 27.8 Å². The topological polar surface area (TPSA) is 30.3 Å². The van der Waals surface area contributed by atoms with Crippen LogP contribution < -0.4 is 0 Å². The molecular formula is C9H19N3. The van der Waals surface area contributed by atoms with Crippen LogP contribution in [0.2, 0.25) is 0 Å². The summed E-state index contributed by atoms with van der Waals surface area (Å²) in [5.41, 5.74) is 0. The summed E-state index contributed by atoms with van der Waals surface area (Å²) >= 11 is 0. The molecule has 0 saturated carbocycles. The molecule has 1 rings (SSSR count). The Bertz CT molecular complexity index is 167. The minimum absolute atomic E-state index is 0.564. The van der Waals surface area contributed by atoms with Gasteiger partial charge in [0.05, 0.1) is 5.84 Å². The fraction of sp³-hybridized carbons (Fsp3) is 0.889. The first-order valence-electron chi connectivity index (χ1n) is 4.54. The summed E-state index contributed by atoms with van der Waals surface area (Å²) in [7, 11) is 2.16. The summed E-state index contributed by atoms with van der Waals surface area (Å²) in [4.78, 5) is 4.52. The molecule has 2 atom stereocenters. The van der Waals surface area contributed by atoms with E-state index in [-0.39, 0.29) is 0 Å². The Balaban J connectivity index is 2.59. The van der Waals surface area contributed by atoms with Crippen LogP contribution in [0, 0.1) is 5.41 Å². The Kier molecular flexibility index (Phi) is 2.73. The minimum Gasteiger partial charge on any atom is -0.358 e. The molecule has 0 radical (unpaired) electrons. The first-order valence-corrected chi connectivity index (χ1v) is 4.54. The van der Waals surface area contributed by atoms with Gasteiger partial charge in [-0.1, -0.05) is 0 Å². The van der Waals surface area contributed by atoms with Crippen LogP contribution in [0.25, 0.3) is 0 Å². The quantitative estimate of drug-likeness (QED) is 0.433. The van der Waals surface area contributed by atoms with Crippen LogP contribution in [0.5, 0.6) is 0 Å². The van der Waals surface area contributed by atoms with Gasteiger partial charge >= 0.3 is 0 Å². The maximum Gasteiger partial charge on any atom is 0.0926 e. The number of likely N-dealkylation sites (N-methyl/N-ethyl adjacent to an activating group) is 1. The summed E-state index contributed by atoms with van der Waals surface area (Å²) < 4.78 is 0. The average Bonchev–Trinajstić information content (AvgIpc) is 1.99. The van der Waals surface area contributed by atoms with Gasteiger partial charge in [0.25, 0.3) is 0 Å². The first-order chi connectivity index (χ1) is 5.52. The highest BCUT2D eigenvalue weighted by Crippen LogP contribution is 2.12. The van der Waals surface area contributed by atoms with Crippen LogP contribution in [0.3, 0.4) is 0 Å². The minimum atomic E-state index is 0.564. The third kappa shape index (κ3) is 1.78. The molecule has 0 amide bonds. The Morgan fingerprint density at radius 2 is 1.67 bits per heavy atom. The standard InChI is InChI=1S/C9H19N3/c1-7-5-12(9(3)10)6-8(2)11(7)4/h7-8,10H,5-6H2,1-4H3/t7-,8+. The average molecular weight is 169 g/mol. The summed E-state index contributed by atoms with van der Waals surface area (Å²) in [6.07, 6.45) is 0. The van der Waals surface area contributed by atoms with Gasteiger partial charge in [0.2, 0.25) is 0 Å². The van der Waals surface area contributed by atoms with Crippen molar-refractivity contribution in [3.63, 3.8) is 0 Å². The van der Waals surface area contributed by atoms with Crippen LogP contribution in [0.15, 0.2) is 0 Å². The molecule has 1 heterocycles. The highest BCUT2D eigenvalue weighted by Gasteiger charge is 2.26. The number of amidine groups is 1. The van der Waals surface area contributed by atoms with Crippen molar-refractivity contribution in [3.05, 3.63) is 0 Å². The molecule has 3 nitrogen and oxygen atoms in total. The molecule has 1 aliphatic rings. The second kappa shape index (κ2) is 3.44. The Morgan fingerprint density at radius 1 is 1.25 bits per heavy atom. The highest BCUT2D eigenvalue weighted by atomic mass is 15.3. The summed E-state index contributed by atoms with van der Waals surface area (Å²) in [6, 6.07) is 1.13. The smallest absolute Gasteiger partial charge is 0.0926 e. The number of hydrogen-bond acceptors (Lipinski definition) is 2. The van der Waals surface area contributed by atoms with E-state index in [9.17, 15) is 0 Å². The van der Waals surface area contributed by atoms with Crippen LogP contribution in [-0.4, -0.2) is 47.9 Å². The van der Waals surface area contributed by atoms with Crippen molar-refractivity contribution >= 4 is 5.84 Å². The first kappa shape index (κ1) is 9.52. The number of nitrogens with zero attached hydrogens (tertiary/aromatic N) is 2. The normalized spacial score (nSPS) is 32.2. The zero-order valence-corrected chi connectivity index (χ0v) is 8.46. The zero-order chi connectivity index (χ0) is 9.30. The molecule has 1 aliphatic heterocycles. The number of rotatable bonds is 0. The van der Waals surface area contributed by atoms with Crippen molar-refractivity contribution < 1.29 is 0 Å². The molecular weight excluding hydrogens is 150 g/mol. The van der Waals surface area contributed by atoms with Crippen molar-refractivity contribution in [2.75, 3.05) is 20.1 Å². The molecule has 12 heavy (non-hydrogen) atoms. The molecule has 1 saturated heterocycles. The van der Waals surface area contributed by atoms with Crippen molar-refractivity contribution in [2.24, 2.45) is 0 Å². The third-order valence-electron chi connectivity index (χ3n) is 2.83. The van der Waals surface area contributed by atoms with E-state index in [1.165, 1.54) is 0 Å². The van der Waals surface area contributed by atoms with E-state index < -0.39 is 0 Å². The second-order valence-electron chi connectivity index (χ2n) is 3.85. The van der Waals surface area contributed by atoms with Gasteiger partial charge in [-0.15, -0.1) is 0 Å². The van der Waals surface area contributed by atoms with E-state index in [4.69, 9.17) is 5.41 Å².